The summed E-state index contributed by atoms with van der Waals surface area (Å²) in [4.78, 5) is 0.287. The summed E-state index contributed by atoms with van der Waals surface area (Å²) in [5, 5.41) is 0. The number of hydrogen-bond acceptors (Lipinski definition) is 2. The molecule has 4 heteroatoms. The number of sulfonamides is 1. The Morgan fingerprint density at radius 2 is 2.00 bits per heavy atom. The molecular weight excluding hydrogens is 186 g/mol. The van der Waals surface area contributed by atoms with Gasteiger partial charge < -0.3 is 0 Å². The Bertz CT molecular complexity index is 409. The zero-order valence-corrected chi connectivity index (χ0v) is 8.14. The SMILES string of the molecule is C=CNS(=O)(=O)c1ccccc1C. The summed E-state index contributed by atoms with van der Waals surface area (Å²) in [5.41, 5.74) is 0.719. The molecular formula is C9H11NO2S. The van der Waals surface area contributed by atoms with Crippen LogP contribution >= 0.6 is 0 Å². The fourth-order valence-corrected chi connectivity index (χ4v) is 2.13. The van der Waals surface area contributed by atoms with E-state index in [1.807, 2.05) is 0 Å². The van der Waals surface area contributed by atoms with Crippen LogP contribution < -0.4 is 4.72 Å². The van der Waals surface area contributed by atoms with E-state index in [1.165, 1.54) is 0 Å². The Balaban J connectivity index is 3.22. The first-order valence-corrected chi connectivity index (χ1v) is 5.25. The van der Waals surface area contributed by atoms with Crippen LogP contribution in [0.3, 0.4) is 0 Å². The van der Waals surface area contributed by atoms with Crippen LogP contribution in [0.2, 0.25) is 0 Å². The normalized spacial score (nSPS) is 10.8. The van der Waals surface area contributed by atoms with Gasteiger partial charge in [-0.1, -0.05) is 24.8 Å². The van der Waals surface area contributed by atoms with E-state index in [0.29, 0.717) is 0 Å². The van der Waals surface area contributed by atoms with Crippen molar-refractivity contribution < 1.29 is 8.42 Å². The van der Waals surface area contributed by atoms with Crippen molar-refractivity contribution in [2.45, 2.75) is 11.8 Å². The predicted molar refractivity (Wildman–Crippen MR) is 51.7 cm³/mol. The second-order valence-corrected chi connectivity index (χ2v) is 4.27. The largest absolute Gasteiger partial charge is 0.287 e. The van der Waals surface area contributed by atoms with Gasteiger partial charge in [-0.3, -0.25) is 4.72 Å². The molecule has 0 saturated heterocycles. The zero-order chi connectivity index (χ0) is 9.90. The van der Waals surface area contributed by atoms with Gasteiger partial charge in [0, 0.05) is 6.20 Å². The molecule has 0 unspecified atom stereocenters. The lowest BCUT2D eigenvalue weighted by molar-refractivity contribution is 0.590. The van der Waals surface area contributed by atoms with Crippen LogP contribution in [0, 0.1) is 6.92 Å². The van der Waals surface area contributed by atoms with Gasteiger partial charge in [-0.05, 0) is 18.6 Å². The maximum absolute atomic E-state index is 11.5. The van der Waals surface area contributed by atoms with E-state index in [2.05, 4.69) is 11.3 Å². The molecule has 13 heavy (non-hydrogen) atoms. The van der Waals surface area contributed by atoms with E-state index < -0.39 is 10.0 Å². The van der Waals surface area contributed by atoms with E-state index in [1.54, 1.807) is 31.2 Å². The van der Waals surface area contributed by atoms with E-state index >= 15 is 0 Å². The summed E-state index contributed by atoms with van der Waals surface area (Å²) in [7, 11) is -3.41. The van der Waals surface area contributed by atoms with Crippen LogP contribution in [0.1, 0.15) is 5.56 Å². The first-order chi connectivity index (χ1) is 6.08. The van der Waals surface area contributed by atoms with Crippen molar-refractivity contribution in [2.24, 2.45) is 0 Å². The Morgan fingerprint density at radius 3 is 2.54 bits per heavy atom. The monoisotopic (exact) mass is 197 g/mol. The highest BCUT2D eigenvalue weighted by atomic mass is 32.2. The van der Waals surface area contributed by atoms with Crippen molar-refractivity contribution in [1.82, 2.24) is 4.72 Å². The van der Waals surface area contributed by atoms with Crippen LogP contribution in [-0.2, 0) is 10.0 Å². The third-order valence-electron chi connectivity index (χ3n) is 1.62. The summed E-state index contributed by atoms with van der Waals surface area (Å²) in [6, 6.07) is 6.78. The fourth-order valence-electron chi connectivity index (χ4n) is 1.03. The molecule has 1 aromatic carbocycles. The minimum absolute atomic E-state index is 0.287. The fraction of sp³-hybridized carbons (Fsp3) is 0.111. The number of rotatable bonds is 3. The van der Waals surface area contributed by atoms with Gasteiger partial charge in [0.25, 0.3) is 10.0 Å². The second-order valence-electron chi connectivity index (χ2n) is 2.59. The predicted octanol–water partition coefficient (Wildman–Crippen LogP) is 1.42. The third-order valence-corrected chi connectivity index (χ3v) is 3.14. The molecule has 3 nitrogen and oxygen atoms in total. The molecule has 0 spiro atoms. The van der Waals surface area contributed by atoms with Gasteiger partial charge in [0.15, 0.2) is 0 Å². The molecule has 0 bridgehead atoms. The summed E-state index contributed by atoms with van der Waals surface area (Å²) in [5.74, 6) is 0. The van der Waals surface area contributed by atoms with E-state index in [4.69, 9.17) is 0 Å². The van der Waals surface area contributed by atoms with Gasteiger partial charge >= 0.3 is 0 Å². The standard InChI is InChI=1S/C9H11NO2S/c1-3-10-13(11,12)9-7-5-4-6-8(9)2/h3-7,10H,1H2,2H3. The minimum Gasteiger partial charge on any atom is -0.287 e. The van der Waals surface area contributed by atoms with Crippen molar-refractivity contribution >= 4 is 10.0 Å². The number of hydrogen-bond donors (Lipinski definition) is 1. The summed E-state index contributed by atoms with van der Waals surface area (Å²) < 4.78 is 25.2. The molecule has 0 saturated carbocycles. The molecule has 1 aromatic rings. The van der Waals surface area contributed by atoms with Crippen LogP contribution in [0.5, 0.6) is 0 Å². The topological polar surface area (TPSA) is 46.2 Å². The lowest BCUT2D eigenvalue weighted by atomic mass is 10.2. The lowest BCUT2D eigenvalue weighted by Crippen LogP contribution is -2.18. The van der Waals surface area contributed by atoms with Gasteiger partial charge in [0.2, 0.25) is 0 Å². The highest BCUT2D eigenvalue weighted by Crippen LogP contribution is 2.13. The molecule has 0 atom stereocenters. The number of nitrogens with one attached hydrogen (secondary N) is 1. The lowest BCUT2D eigenvalue weighted by Gasteiger charge is -2.05. The van der Waals surface area contributed by atoms with Gasteiger partial charge in [0.1, 0.15) is 0 Å². The molecule has 0 aliphatic rings. The molecule has 70 valence electrons. The average molecular weight is 197 g/mol. The van der Waals surface area contributed by atoms with Crippen LogP contribution in [0.25, 0.3) is 0 Å². The van der Waals surface area contributed by atoms with Crippen LogP contribution in [0.4, 0.5) is 0 Å². The van der Waals surface area contributed by atoms with Crippen molar-refractivity contribution in [2.75, 3.05) is 0 Å². The Labute approximate surface area is 78.1 Å². The van der Waals surface area contributed by atoms with Gasteiger partial charge in [-0.15, -0.1) is 0 Å². The van der Waals surface area contributed by atoms with Gasteiger partial charge in [0.05, 0.1) is 4.90 Å². The van der Waals surface area contributed by atoms with Crippen molar-refractivity contribution in [1.29, 1.82) is 0 Å². The Hall–Kier alpha value is -1.29. The van der Waals surface area contributed by atoms with Crippen molar-refractivity contribution in [3.63, 3.8) is 0 Å². The van der Waals surface area contributed by atoms with Crippen molar-refractivity contribution in [3.05, 3.63) is 42.6 Å². The highest BCUT2D eigenvalue weighted by molar-refractivity contribution is 7.89. The molecule has 0 aliphatic heterocycles. The molecule has 0 aromatic heterocycles. The molecule has 1 rings (SSSR count). The van der Waals surface area contributed by atoms with Crippen molar-refractivity contribution in [3.8, 4) is 0 Å². The van der Waals surface area contributed by atoms with Gasteiger partial charge in [-0.2, -0.15) is 0 Å². The van der Waals surface area contributed by atoms with Gasteiger partial charge in [-0.25, -0.2) is 8.42 Å². The smallest absolute Gasteiger partial charge is 0.261 e. The minimum atomic E-state index is -3.41. The number of aryl methyl sites for hydroxylation is 1. The molecule has 1 N–H and O–H groups in total. The van der Waals surface area contributed by atoms with Crippen LogP contribution in [0.15, 0.2) is 41.9 Å². The summed E-state index contributed by atoms with van der Waals surface area (Å²) in [6.45, 7) is 5.06. The highest BCUT2D eigenvalue weighted by Gasteiger charge is 2.13. The van der Waals surface area contributed by atoms with Crippen LogP contribution in [-0.4, -0.2) is 8.42 Å². The average Bonchev–Trinajstić information content (AvgIpc) is 2.04. The molecule has 0 amide bonds. The van der Waals surface area contributed by atoms with E-state index in [0.717, 1.165) is 11.8 Å². The maximum Gasteiger partial charge on any atom is 0.261 e. The maximum atomic E-state index is 11.5. The zero-order valence-electron chi connectivity index (χ0n) is 7.32. The molecule has 0 heterocycles. The number of benzene rings is 1. The van der Waals surface area contributed by atoms with E-state index in [9.17, 15) is 8.42 Å². The molecule has 0 aliphatic carbocycles. The quantitative estimate of drug-likeness (QED) is 0.796. The first-order valence-electron chi connectivity index (χ1n) is 3.77. The van der Waals surface area contributed by atoms with E-state index in [-0.39, 0.29) is 4.90 Å². The first kappa shape index (κ1) is 9.80. The third kappa shape index (κ3) is 2.09. The molecule has 0 radical (unpaired) electrons. The Morgan fingerprint density at radius 1 is 1.38 bits per heavy atom. The summed E-state index contributed by atoms with van der Waals surface area (Å²) in [6.07, 6.45) is 1.15. The summed E-state index contributed by atoms with van der Waals surface area (Å²) >= 11 is 0. The Kier molecular flexibility index (Phi) is 2.72. The molecule has 0 fully saturated rings. The second kappa shape index (κ2) is 3.62.